The highest BCUT2D eigenvalue weighted by Crippen LogP contribution is 2.39. The Morgan fingerprint density at radius 3 is 2.70 bits per heavy atom. The normalized spacial score (nSPS) is 25.8. The molecule has 6 heteroatoms. The zero-order valence-electron chi connectivity index (χ0n) is 16.0. The van der Waals surface area contributed by atoms with Crippen LogP contribution in [-0.4, -0.2) is 54.8 Å². The Bertz CT molecular complexity index is 827. The van der Waals surface area contributed by atoms with E-state index < -0.39 is 0 Å². The van der Waals surface area contributed by atoms with E-state index in [0.717, 1.165) is 50.7 Å². The highest BCUT2D eigenvalue weighted by molar-refractivity contribution is 5.33. The summed E-state index contributed by atoms with van der Waals surface area (Å²) in [7, 11) is 1.68. The molecule has 1 aromatic heterocycles. The summed E-state index contributed by atoms with van der Waals surface area (Å²) in [4.78, 5) is 21.9. The van der Waals surface area contributed by atoms with Gasteiger partial charge in [-0.3, -0.25) is 4.79 Å². The minimum absolute atomic E-state index is 0.0753. The molecule has 1 aromatic carbocycles. The molecule has 4 rings (SSSR count). The van der Waals surface area contributed by atoms with Crippen molar-refractivity contribution in [1.29, 1.82) is 0 Å². The third-order valence-electron chi connectivity index (χ3n) is 5.74. The molecule has 3 heterocycles. The highest BCUT2D eigenvalue weighted by atomic mass is 16.5. The molecule has 6 nitrogen and oxygen atoms in total. The van der Waals surface area contributed by atoms with Gasteiger partial charge in [0, 0.05) is 44.1 Å². The molecule has 144 valence electrons. The second kappa shape index (κ2) is 7.82. The number of likely N-dealkylation sites (tertiary alicyclic amines) is 1. The number of hydrogen-bond acceptors (Lipinski definition) is 5. The molecule has 0 bridgehead atoms. The van der Waals surface area contributed by atoms with E-state index in [1.807, 2.05) is 19.1 Å². The molecule has 2 saturated heterocycles. The topological polar surface area (TPSA) is 67.5 Å². The van der Waals surface area contributed by atoms with Crippen molar-refractivity contribution in [3.63, 3.8) is 0 Å². The number of hydrogen-bond donors (Lipinski definition) is 1. The fourth-order valence-electron chi connectivity index (χ4n) is 4.41. The molecule has 2 fully saturated rings. The lowest BCUT2D eigenvalue weighted by Crippen LogP contribution is -2.28. The third-order valence-corrected chi connectivity index (χ3v) is 5.74. The van der Waals surface area contributed by atoms with Crippen molar-refractivity contribution >= 4 is 0 Å². The molecule has 2 aliphatic rings. The van der Waals surface area contributed by atoms with Crippen molar-refractivity contribution < 1.29 is 9.47 Å². The predicted molar refractivity (Wildman–Crippen MR) is 103 cm³/mol. The van der Waals surface area contributed by atoms with Crippen molar-refractivity contribution in [3.05, 3.63) is 57.8 Å². The van der Waals surface area contributed by atoms with Gasteiger partial charge in [0.25, 0.3) is 5.56 Å². The molecule has 0 amide bonds. The average molecular weight is 369 g/mol. The zero-order valence-corrected chi connectivity index (χ0v) is 16.0. The van der Waals surface area contributed by atoms with Gasteiger partial charge in [-0.15, -0.1) is 0 Å². The lowest BCUT2D eigenvalue weighted by molar-refractivity contribution is 0.173. The Hall–Kier alpha value is -2.18. The number of H-pyrrole nitrogens is 1. The summed E-state index contributed by atoms with van der Waals surface area (Å²) in [6.45, 7) is 6.51. The van der Waals surface area contributed by atoms with Crippen LogP contribution >= 0.6 is 0 Å². The van der Waals surface area contributed by atoms with Gasteiger partial charge in [0.15, 0.2) is 0 Å². The van der Waals surface area contributed by atoms with E-state index >= 15 is 0 Å². The van der Waals surface area contributed by atoms with Crippen LogP contribution in [0.4, 0.5) is 0 Å². The standard InChI is InChI=1S/C21H27N3O3/c1-14-22-20(9-21(25)23-14)19-12-24(10-15-7-8-27-13-15)11-18(19)16-3-5-17(26-2)6-4-16/h3-6,9,15,18-19H,7-8,10-13H2,1-2H3,(H,22,23,25)/t15?,18-,19+/m0/s1. The predicted octanol–water partition coefficient (Wildman–Crippen LogP) is 2.31. The van der Waals surface area contributed by atoms with Gasteiger partial charge in [0.2, 0.25) is 0 Å². The van der Waals surface area contributed by atoms with Crippen molar-refractivity contribution in [2.75, 3.05) is 40.0 Å². The van der Waals surface area contributed by atoms with Crippen LogP contribution in [0.15, 0.2) is 35.1 Å². The molecule has 1 N–H and O–H groups in total. The minimum Gasteiger partial charge on any atom is -0.497 e. The number of aromatic nitrogens is 2. The van der Waals surface area contributed by atoms with Crippen LogP contribution < -0.4 is 10.3 Å². The SMILES string of the molecule is COc1ccc([C@@H]2CN(CC3CCOC3)C[C@H]2c2cc(=O)[nH]c(C)n2)cc1. The largest absolute Gasteiger partial charge is 0.497 e. The summed E-state index contributed by atoms with van der Waals surface area (Å²) in [5, 5.41) is 0. The van der Waals surface area contributed by atoms with Crippen LogP contribution in [0.2, 0.25) is 0 Å². The van der Waals surface area contributed by atoms with Crippen LogP contribution in [0.3, 0.4) is 0 Å². The van der Waals surface area contributed by atoms with Gasteiger partial charge >= 0.3 is 0 Å². The number of rotatable bonds is 5. The number of nitrogens with one attached hydrogen (secondary N) is 1. The van der Waals surface area contributed by atoms with Crippen LogP contribution in [0, 0.1) is 12.8 Å². The average Bonchev–Trinajstić information content (AvgIpc) is 3.31. The quantitative estimate of drug-likeness (QED) is 0.876. The van der Waals surface area contributed by atoms with Crippen LogP contribution in [0.25, 0.3) is 0 Å². The molecule has 0 radical (unpaired) electrons. The van der Waals surface area contributed by atoms with Crippen molar-refractivity contribution in [1.82, 2.24) is 14.9 Å². The van der Waals surface area contributed by atoms with Crippen molar-refractivity contribution in [2.24, 2.45) is 5.92 Å². The summed E-state index contributed by atoms with van der Waals surface area (Å²) in [6.07, 6.45) is 1.14. The Balaban J connectivity index is 1.62. The third kappa shape index (κ3) is 4.06. The van der Waals surface area contributed by atoms with E-state index in [1.165, 1.54) is 5.56 Å². The maximum absolute atomic E-state index is 12.0. The van der Waals surface area contributed by atoms with Gasteiger partial charge in [0.05, 0.1) is 19.4 Å². The van der Waals surface area contributed by atoms with Crippen molar-refractivity contribution in [3.8, 4) is 5.75 Å². The summed E-state index contributed by atoms with van der Waals surface area (Å²) in [6, 6.07) is 9.96. The monoisotopic (exact) mass is 369 g/mol. The fourth-order valence-corrected chi connectivity index (χ4v) is 4.41. The smallest absolute Gasteiger partial charge is 0.251 e. The van der Waals surface area contributed by atoms with E-state index in [4.69, 9.17) is 9.47 Å². The molecule has 0 aliphatic carbocycles. The maximum Gasteiger partial charge on any atom is 0.251 e. The van der Waals surface area contributed by atoms with Crippen LogP contribution in [-0.2, 0) is 4.74 Å². The molecule has 2 aliphatic heterocycles. The van der Waals surface area contributed by atoms with Crippen LogP contribution in [0.1, 0.15) is 35.3 Å². The molecule has 0 saturated carbocycles. The highest BCUT2D eigenvalue weighted by Gasteiger charge is 2.37. The number of aryl methyl sites for hydroxylation is 1. The molecular weight excluding hydrogens is 342 g/mol. The number of ether oxygens (including phenoxy) is 2. The van der Waals surface area contributed by atoms with Gasteiger partial charge in [-0.25, -0.2) is 4.98 Å². The second-order valence-electron chi connectivity index (χ2n) is 7.69. The fraction of sp³-hybridized carbons (Fsp3) is 0.524. The molecular formula is C21H27N3O3. The van der Waals surface area contributed by atoms with Gasteiger partial charge in [0.1, 0.15) is 11.6 Å². The Labute approximate surface area is 159 Å². The second-order valence-corrected chi connectivity index (χ2v) is 7.69. The van der Waals surface area contributed by atoms with E-state index in [1.54, 1.807) is 13.2 Å². The first-order valence-corrected chi connectivity index (χ1v) is 9.64. The number of nitrogens with zero attached hydrogens (tertiary/aromatic N) is 2. The minimum atomic E-state index is -0.0753. The lowest BCUT2D eigenvalue weighted by atomic mass is 9.86. The van der Waals surface area contributed by atoms with Crippen molar-refractivity contribution in [2.45, 2.75) is 25.2 Å². The molecule has 1 unspecified atom stereocenters. The summed E-state index contributed by atoms with van der Waals surface area (Å²) in [5.74, 6) is 2.66. The summed E-state index contributed by atoms with van der Waals surface area (Å²) < 4.78 is 10.9. The zero-order chi connectivity index (χ0) is 18.8. The Morgan fingerprint density at radius 1 is 1.26 bits per heavy atom. The molecule has 27 heavy (non-hydrogen) atoms. The Kier molecular flexibility index (Phi) is 5.27. The van der Waals surface area contributed by atoms with E-state index in [9.17, 15) is 4.79 Å². The van der Waals surface area contributed by atoms with E-state index in [2.05, 4.69) is 27.0 Å². The first-order valence-electron chi connectivity index (χ1n) is 9.64. The number of methoxy groups -OCH3 is 1. The Morgan fingerprint density at radius 2 is 2.04 bits per heavy atom. The van der Waals surface area contributed by atoms with Gasteiger partial charge < -0.3 is 19.4 Å². The maximum atomic E-state index is 12.0. The molecule has 2 aromatic rings. The van der Waals surface area contributed by atoms with Gasteiger partial charge in [-0.05, 0) is 37.0 Å². The summed E-state index contributed by atoms with van der Waals surface area (Å²) >= 11 is 0. The first-order chi connectivity index (χ1) is 13.1. The summed E-state index contributed by atoms with van der Waals surface area (Å²) in [5.41, 5.74) is 2.08. The first kappa shape index (κ1) is 18.2. The number of benzene rings is 1. The van der Waals surface area contributed by atoms with E-state index in [0.29, 0.717) is 17.7 Å². The molecule has 3 atom stereocenters. The number of aromatic amines is 1. The lowest BCUT2D eigenvalue weighted by Gasteiger charge is -2.19. The van der Waals surface area contributed by atoms with Crippen LogP contribution in [0.5, 0.6) is 5.75 Å². The molecule has 0 spiro atoms. The van der Waals surface area contributed by atoms with Gasteiger partial charge in [-0.1, -0.05) is 12.1 Å². The van der Waals surface area contributed by atoms with Gasteiger partial charge in [-0.2, -0.15) is 0 Å². The van der Waals surface area contributed by atoms with E-state index in [-0.39, 0.29) is 11.5 Å².